The van der Waals surface area contributed by atoms with E-state index in [0.717, 1.165) is 12.8 Å². The van der Waals surface area contributed by atoms with E-state index < -0.39 is 0 Å². The van der Waals surface area contributed by atoms with E-state index in [1.165, 1.54) is 32.7 Å². The number of hydrogen-bond acceptors (Lipinski definition) is 0. The normalized spacial score (nSPS) is 8.89. The van der Waals surface area contributed by atoms with Gasteiger partial charge in [0.2, 0.25) is 0 Å². The summed E-state index contributed by atoms with van der Waals surface area (Å²) in [5, 5.41) is 5.39. The predicted octanol–water partition coefficient (Wildman–Crippen LogP) is 1.17. The third-order valence-corrected chi connectivity index (χ3v) is 3.77. The molecule has 0 spiro atoms. The monoisotopic (exact) mass is 474 g/mol. The van der Waals surface area contributed by atoms with Crippen molar-refractivity contribution in [1.82, 2.24) is 0 Å². The van der Waals surface area contributed by atoms with Crippen molar-refractivity contribution in [1.29, 1.82) is 0 Å². The minimum absolute atomic E-state index is 0. The smallest absolute Gasteiger partial charge is 1.00 e. The van der Waals surface area contributed by atoms with Gasteiger partial charge in [0.25, 0.3) is 0 Å². The van der Waals surface area contributed by atoms with Crippen molar-refractivity contribution in [2.75, 3.05) is 0 Å². The maximum absolute atomic E-state index is 3.54. The fraction of sp³-hybridized carbons (Fsp3) is 0.167. The Morgan fingerprint density at radius 3 is 1.30 bits per heavy atom. The number of halogens is 2. The Morgan fingerprint density at radius 2 is 1.00 bits per heavy atom. The summed E-state index contributed by atoms with van der Waals surface area (Å²) >= 11 is 0. The molecule has 3 heteroatoms. The molecule has 0 aromatic heterocycles. The van der Waals surface area contributed by atoms with Crippen LogP contribution in [-0.4, -0.2) is 0 Å². The van der Waals surface area contributed by atoms with Gasteiger partial charge in [-0.1, -0.05) is 26.0 Å². The number of rotatable bonds is 1. The van der Waals surface area contributed by atoms with E-state index >= 15 is 0 Å². The second-order valence-electron chi connectivity index (χ2n) is 6.03. The molecule has 0 fully saturated rings. The number of unbranched alkanes of at least 4 members (excludes halogenated alkanes) is 1. The first-order valence-electron chi connectivity index (χ1n) is 8.46. The summed E-state index contributed by atoms with van der Waals surface area (Å²) in [7, 11) is 0. The Morgan fingerprint density at radius 1 is 0.667 bits per heavy atom. The first kappa shape index (κ1) is 28.3. The van der Waals surface area contributed by atoms with E-state index in [9.17, 15) is 0 Å². The largest absolute Gasteiger partial charge is 2.00 e. The van der Waals surface area contributed by atoms with Crippen LogP contribution in [-0.2, 0) is 26.2 Å². The number of aryl methyl sites for hydroxylation is 2. The molecule has 27 heavy (non-hydrogen) atoms. The van der Waals surface area contributed by atoms with Gasteiger partial charge in [-0.15, -0.1) is 81.2 Å². The number of fused-ring (bicyclic) bond motifs is 2. The van der Waals surface area contributed by atoms with E-state index in [-0.39, 0.29) is 51.0 Å². The fourth-order valence-corrected chi connectivity index (χ4v) is 2.61. The van der Waals surface area contributed by atoms with Gasteiger partial charge in [0.1, 0.15) is 0 Å². The Kier molecular flexibility index (Phi) is 15.8. The molecule has 0 aliphatic carbocycles. The van der Waals surface area contributed by atoms with Gasteiger partial charge in [0.15, 0.2) is 0 Å². The van der Waals surface area contributed by atoms with Gasteiger partial charge in [-0.25, -0.2) is 12.8 Å². The Bertz CT molecular complexity index is 734. The van der Waals surface area contributed by atoms with Gasteiger partial charge in [-0.05, 0) is 0 Å². The van der Waals surface area contributed by atoms with E-state index in [4.69, 9.17) is 0 Å². The molecule has 0 heterocycles. The second-order valence-corrected chi connectivity index (χ2v) is 6.03. The van der Waals surface area contributed by atoms with Crippen molar-refractivity contribution in [3.05, 3.63) is 97.8 Å². The summed E-state index contributed by atoms with van der Waals surface area (Å²) in [5.74, 6) is 0. The van der Waals surface area contributed by atoms with Crippen LogP contribution in [0.2, 0.25) is 0 Å². The van der Waals surface area contributed by atoms with Crippen LogP contribution in [0.25, 0.3) is 21.5 Å². The maximum Gasteiger partial charge on any atom is 2.00 e. The van der Waals surface area contributed by atoms with Crippen LogP contribution in [0, 0.1) is 27.7 Å². The minimum atomic E-state index is 0. The van der Waals surface area contributed by atoms with E-state index in [1.54, 1.807) is 0 Å². The van der Waals surface area contributed by atoms with Crippen molar-refractivity contribution < 1.29 is 51.0 Å². The second kappa shape index (κ2) is 15.1. The van der Waals surface area contributed by atoms with Crippen LogP contribution in [0.3, 0.4) is 0 Å². The molecule has 0 aliphatic heterocycles. The molecule has 0 N–H and O–H groups in total. The topological polar surface area (TPSA) is 0 Å². The molecule has 0 radical (unpaired) electrons. The van der Waals surface area contributed by atoms with Gasteiger partial charge < -0.3 is 38.7 Å². The molecular weight excluding hydrogens is 450 g/mol. The zero-order chi connectivity index (χ0) is 17.4. The molecule has 4 aromatic rings. The molecule has 144 valence electrons. The van der Waals surface area contributed by atoms with E-state index in [0.29, 0.717) is 0 Å². The van der Waals surface area contributed by atoms with Gasteiger partial charge in [0, 0.05) is 0 Å². The van der Waals surface area contributed by atoms with Crippen molar-refractivity contribution in [3.8, 4) is 0 Å². The average molecular weight is 477 g/mol. The van der Waals surface area contributed by atoms with Crippen LogP contribution < -0.4 is 24.8 Å². The fourth-order valence-electron chi connectivity index (χ4n) is 2.61. The summed E-state index contributed by atoms with van der Waals surface area (Å²) in [6.07, 6.45) is 1.92. The summed E-state index contributed by atoms with van der Waals surface area (Å²) in [6, 6.07) is 25.7. The molecule has 0 unspecified atom stereocenters. The van der Waals surface area contributed by atoms with Crippen LogP contribution >= 0.6 is 0 Å². The average Bonchev–Trinajstić information content (AvgIpc) is 3.15. The van der Waals surface area contributed by atoms with Gasteiger partial charge in [-0.2, -0.15) is 12.1 Å². The Hall–Kier alpha value is -0.877. The van der Waals surface area contributed by atoms with Crippen molar-refractivity contribution in [2.24, 2.45) is 0 Å². The van der Waals surface area contributed by atoms with Gasteiger partial charge in [0.05, 0.1) is 0 Å². The minimum Gasteiger partial charge on any atom is -1.00 e. The standard InChI is InChI=1S/2C10H9.C4H8.2ClH.Zr/c2*1-8-6-9-4-2-3-5-10(9)7-8;1-3-4-2;;;/h2*2-7H,1H3;1-4H2;2*1H;/q2*-1;-2;;;+2/p-2. The quantitative estimate of drug-likeness (QED) is 0.362. The first-order valence-corrected chi connectivity index (χ1v) is 8.46. The summed E-state index contributed by atoms with van der Waals surface area (Å²) in [6.45, 7) is 11.3. The molecule has 0 saturated carbocycles. The van der Waals surface area contributed by atoms with Crippen LogP contribution in [0.4, 0.5) is 0 Å². The number of hydrogen-bond donors (Lipinski definition) is 0. The summed E-state index contributed by atoms with van der Waals surface area (Å²) < 4.78 is 0. The van der Waals surface area contributed by atoms with Crippen LogP contribution in [0.15, 0.2) is 72.8 Å². The molecular formula is C24H26Cl2Zr-4. The van der Waals surface area contributed by atoms with Crippen LogP contribution in [0.5, 0.6) is 0 Å². The predicted molar refractivity (Wildman–Crippen MR) is 109 cm³/mol. The van der Waals surface area contributed by atoms with E-state index in [1.807, 2.05) is 0 Å². The molecule has 4 aromatic carbocycles. The molecule has 4 rings (SSSR count). The van der Waals surface area contributed by atoms with Gasteiger partial charge >= 0.3 is 26.2 Å². The molecule has 0 amide bonds. The Labute approximate surface area is 196 Å². The zero-order valence-electron chi connectivity index (χ0n) is 16.0. The molecule has 0 aliphatic rings. The van der Waals surface area contributed by atoms with Crippen molar-refractivity contribution in [3.63, 3.8) is 0 Å². The number of benzene rings is 2. The maximum atomic E-state index is 3.54. The first-order chi connectivity index (χ1) is 11.6. The Balaban J connectivity index is 0. The zero-order valence-corrected chi connectivity index (χ0v) is 20.0. The van der Waals surface area contributed by atoms with Gasteiger partial charge in [-0.3, -0.25) is 0 Å². The SMILES string of the molecule is Cc1cc2ccccc2[cH-]1.Cc1cc2ccccc2[cH-]1.[CH2-]CC[CH2-].[Cl-].[Cl-].[Zr+2]. The summed E-state index contributed by atoms with van der Waals surface area (Å²) in [4.78, 5) is 0. The van der Waals surface area contributed by atoms with E-state index in [2.05, 4.69) is 100 Å². The third-order valence-electron chi connectivity index (χ3n) is 3.77. The molecule has 0 bridgehead atoms. The molecule has 0 saturated heterocycles. The molecule has 0 nitrogen and oxygen atoms in total. The van der Waals surface area contributed by atoms with Crippen molar-refractivity contribution in [2.45, 2.75) is 26.7 Å². The van der Waals surface area contributed by atoms with Crippen LogP contribution in [0.1, 0.15) is 24.0 Å². The summed E-state index contributed by atoms with van der Waals surface area (Å²) in [5.41, 5.74) is 2.70. The van der Waals surface area contributed by atoms with Crippen molar-refractivity contribution >= 4 is 21.5 Å². The third kappa shape index (κ3) is 9.24. The molecule has 0 atom stereocenters.